The third-order valence-electron chi connectivity index (χ3n) is 3.96. The van der Waals surface area contributed by atoms with Crippen LogP contribution in [0.5, 0.6) is 0 Å². The Kier molecular flexibility index (Phi) is 4.14. The highest BCUT2D eigenvalue weighted by molar-refractivity contribution is 5.23. The quantitative estimate of drug-likeness (QED) is 0.692. The van der Waals surface area contributed by atoms with Gasteiger partial charge in [0.05, 0.1) is 0 Å². The first kappa shape index (κ1) is 12.5. The van der Waals surface area contributed by atoms with E-state index in [0.717, 1.165) is 31.6 Å². The van der Waals surface area contributed by atoms with Crippen LogP contribution in [0, 0.1) is 17.6 Å². The zero-order chi connectivity index (χ0) is 12.3. The molecule has 0 aliphatic heterocycles. The van der Waals surface area contributed by atoms with Crippen molar-refractivity contribution in [2.45, 2.75) is 51.4 Å². The van der Waals surface area contributed by atoms with Crippen molar-refractivity contribution in [3.8, 4) is 0 Å². The fraction of sp³-hybridized carbons (Fsp3) is 0.600. The molecule has 0 atom stereocenters. The fourth-order valence-electron chi connectivity index (χ4n) is 3.01. The molecule has 0 unspecified atom stereocenters. The third-order valence-corrected chi connectivity index (χ3v) is 3.96. The molecular weight excluding hydrogens is 218 g/mol. The third kappa shape index (κ3) is 2.85. The van der Waals surface area contributed by atoms with Crippen molar-refractivity contribution in [1.29, 1.82) is 0 Å². The molecule has 17 heavy (non-hydrogen) atoms. The highest BCUT2D eigenvalue weighted by Crippen LogP contribution is 2.38. The van der Waals surface area contributed by atoms with Crippen molar-refractivity contribution in [2.24, 2.45) is 5.92 Å². The molecule has 0 spiro atoms. The highest BCUT2D eigenvalue weighted by Gasteiger charge is 2.24. The highest BCUT2D eigenvalue weighted by atomic mass is 19.2. The molecule has 94 valence electrons. The van der Waals surface area contributed by atoms with Crippen molar-refractivity contribution in [3.63, 3.8) is 0 Å². The molecule has 0 saturated heterocycles. The van der Waals surface area contributed by atoms with Gasteiger partial charge >= 0.3 is 0 Å². The van der Waals surface area contributed by atoms with Crippen LogP contribution >= 0.6 is 0 Å². The van der Waals surface area contributed by atoms with E-state index in [9.17, 15) is 8.78 Å². The van der Waals surface area contributed by atoms with Crippen LogP contribution in [0.4, 0.5) is 8.78 Å². The van der Waals surface area contributed by atoms with Crippen LogP contribution in [0.25, 0.3) is 0 Å². The Balaban J connectivity index is 2.03. The van der Waals surface area contributed by atoms with Gasteiger partial charge in [0, 0.05) is 0 Å². The van der Waals surface area contributed by atoms with Gasteiger partial charge < -0.3 is 0 Å². The first-order chi connectivity index (χ1) is 8.22. The molecular formula is C15H20F2. The molecule has 1 aromatic carbocycles. The molecule has 1 fully saturated rings. The molecule has 1 aliphatic rings. The summed E-state index contributed by atoms with van der Waals surface area (Å²) >= 11 is 0. The van der Waals surface area contributed by atoms with E-state index in [-0.39, 0.29) is 5.92 Å². The summed E-state index contributed by atoms with van der Waals surface area (Å²) < 4.78 is 26.8. The normalized spacial score (nSPS) is 24.9. The van der Waals surface area contributed by atoms with Gasteiger partial charge in [-0.05, 0) is 49.1 Å². The fourth-order valence-corrected chi connectivity index (χ4v) is 3.01. The van der Waals surface area contributed by atoms with Gasteiger partial charge in [-0.15, -0.1) is 0 Å². The van der Waals surface area contributed by atoms with Gasteiger partial charge in [0.15, 0.2) is 11.6 Å². The van der Waals surface area contributed by atoms with Crippen molar-refractivity contribution in [3.05, 3.63) is 35.4 Å². The maximum atomic E-state index is 13.7. The van der Waals surface area contributed by atoms with Crippen molar-refractivity contribution in [2.75, 3.05) is 0 Å². The first-order valence-electron chi connectivity index (χ1n) is 6.66. The maximum Gasteiger partial charge on any atom is 0.162 e. The molecule has 0 amide bonds. The number of rotatable bonds is 3. The minimum absolute atomic E-state index is 0.221. The standard InChI is InChI=1S/C15H20F2/c1-2-4-11-7-9-12(10-8-11)13-5-3-6-14(16)15(13)17/h3,5-6,11-12H,2,4,7-10H2,1H3. The molecule has 1 saturated carbocycles. The van der Waals surface area contributed by atoms with E-state index in [1.165, 1.54) is 18.9 Å². The molecule has 2 heteroatoms. The lowest BCUT2D eigenvalue weighted by Crippen LogP contribution is -2.14. The lowest BCUT2D eigenvalue weighted by molar-refractivity contribution is 0.303. The zero-order valence-corrected chi connectivity index (χ0v) is 10.4. The first-order valence-corrected chi connectivity index (χ1v) is 6.66. The van der Waals surface area contributed by atoms with E-state index in [0.29, 0.717) is 5.56 Å². The van der Waals surface area contributed by atoms with Crippen LogP contribution in [-0.2, 0) is 0 Å². The Bertz CT molecular complexity index is 365. The maximum absolute atomic E-state index is 13.7. The summed E-state index contributed by atoms with van der Waals surface area (Å²) in [5, 5.41) is 0. The van der Waals surface area contributed by atoms with E-state index < -0.39 is 11.6 Å². The summed E-state index contributed by atoms with van der Waals surface area (Å²) in [6, 6.07) is 4.55. The molecule has 1 aromatic rings. The second-order valence-corrected chi connectivity index (χ2v) is 5.15. The van der Waals surface area contributed by atoms with Crippen LogP contribution < -0.4 is 0 Å². The molecule has 0 bridgehead atoms. The smallest absolute Gasteiger partial charge is 0.162 e. The lowest BCUT2D eigenvalue weighted by atomic mass is 9.77. The Morgan fingerprint density at radius 2 is 1.82 bits per heavy atom. The van der Waals surface area contributed by atoms with Crippen LogP contribution in [0.2, 0.25) is 0 Å². The number of halogens is 2. The molecule has 0 aromatic heterocycles. The number of benzene rings is 1. The summed E-state index contributed by atoms with van der Waals surface area (Å²) in [7, 11) is 0. The predicted molar refractivity (Wildman–Crippen MR) is 66.0 cm³/mol. The summed E-state index contributed by atoms with van der Waals surface area (Å²) in [6.07, 6.45) is 6.83. The monoisotopic (exact) mass is 238 g/mol. The molecule has 0 heterocycles. The van der Waals surface area contributed by atoms with Gasteiger partial charge in [-0.1, -0.05) is 31.9 Å². The second kappa shape index (κ2) is 5.61. The van der Waals surface area contributed by atoms with Gasteiger partial charge in [0.2, 0.25) is 0 Å². The molecule has 0 radical (unpaired) electrons. The van der Waals surface area contributed by atoms with E-state index in [2.05, 4.69) is 6.92 Å². The summed E-state index contributed by atoms with van der Waals surface area (Å²) in [6.45, 7) is 2.21. The largest absolute Gasteiger partial charge is 0.204 e. The van der Waals surface area contributed by atoms with Gasteiger partial charge in [-0.25, -0.2) is 8.78 Å². The van der Waals surface area contributed by atoms with Crippen molar-refractivity contribution >= 4 is 0 Å². The Morgan fingerprint density at radius 1 is 1.12 bits per heavy atom. The second-order valence-electron chi connectivity index (χ2n) is 5.15. The number of hydrogen-bond donors (Lipinski definition) is 0. The van der Waals surface area contributed by atoms with Crippen LogP contribution in [0.3, 0.4) is 0 Å². The topological polar surface area (TPSA) is 0 Å². The van der Waals surface area contributed by atoms with Crippen LogP contribution in [0.15, 0.2) is 18.2 Å². The Morgan fingerprint density at radius 3 is 2.47 bits per heavy atom. The average Bonchev–Trinajstić information content (AvgIpc) is 2.34. The van der Waals surface area contributed by atoms with Crippen LogP contribution in [-0.4, -0.2) is 0 Å². The Hall–Kier alpha value is -0.920. The summed E-state index contributed by atoms with van der Waals surface area (Å²) in [5.74, 6) is -0.323. The molecule has 0 N–H and O–H groups in total. The van der Waals surface area contributed by atoms with Crippen molar-refractivity contribution < 1.29 is 8.78 Å². The minimum Gasteiger partial charge on any atom is -0.204 e. The molecule has 2 rings (SSSR count). The Labute approximate surface area is 102 Å². The molecule has 1 aliphatic carbocycles. The summed E-state index contributed by atoms with van der Waals surface area (Å²) in [5.41, 5.74) is 0.583. The van der Waals surface area contributed by atoms with E-state index in [4.69, 9.17) is 0 Å². The van der Waals surface area contributed by atoms with Gasteiger partial charge in [0.1, 0.15) is 0 Å². The lowest BCUT2D eigenvalue weighted by Gasteiger charge is -2.28. The summed E-state index contributed by atoms with van der Waals surface area (Å²) in [4.78, 5) is 0. The van der Waals surface area contributed by atoms with Gasteiger partial charge in [-0.2, -0.15) is 0 Å². The minimum atomic E-state index is -0.710. The van der Waals surface area contributed by atoms with E-state index in [1.54, 1.807) is 12.1 Å². The van der Waals surface area contributed by atoms with Gasteiger partial charge in [0.25, 0.3) is 0 Å². The van der Waals surface area contributed by atoms with Gasteiger partial charge in [-0.3, -0.25) is 0 Å². The average molecular weight is 238 g/mol. The SMILES string of the molecule is CCCC1CCC(c2cccc(F)c2F)CC1. The predicted octanol–water partition coefficient (Wildman–Crippen LogP) is 5.04. The van der Waals surface area contributed by atoms with Crippen molar-refractivity contribution in [1.82, 2.24) is 0 Å². The van der Waals surface area contributed by atoms with Crippen LogP contribution in [0.1, 0.15) is 56.9 Å². The zero-order valence-electron chi connectivity index (χ0n) is 10.4. The van der Waals surface area contributed by atoms with E-state index >= 15 is 0 Å². The number of hydrogen-bond acceptors (Lipinski definition) is 0. The molecule has 0 nitrogen and oxygen atoms in total. The van der Waals surface area contributed by atoms with E-state index in [1.807, 2.05) is 0 Å².